The smallest absolute Gasteiger partial charge is 0.247 e. The van der Waals surface area contributed by atoms with Gasteiger partial charge in [-0.1, -0.05) is 31.5 Å². The molecule has 0 aliphatic heterocycles. The molecule has 0 fully saturated rings. The summed E-state index contributed by atoms with van der Waals surface area (Å²) in [5.74, 6) is 1.08. The molecule has 3 aromatic heterocycles. The Morgan fingerprint density at radius 2 is 2.18 bits per heavy atom. The quantitative estimate of drug-likeness (QED) is 0.461. The highest BCUT2D eigenvalue weighted by Crippen LogP contribution is 2.23. The molecule has 0 radical (unpaired) electrons. The lowest BCUT2D eigenvalue weighted by Crippen LogP contribution is -2.28. The van der Waals surface area contributed by atoms with E-state index in [2.05, 4.69) is 18.9 Å². The van der Waals surface area contributed by atoms with Crippen LogP contribution in [0.15, 0.2) is 46.4 Å². The molecule has 0 aliphatic rings. The van der Waals surface area contributed by atoms with Gasteiger partial charge in [-0.05, 0) is 42.5 Å². The average Bonchev–Trinajstić information content (AvgIpc) is 3.37. The zero-order valence-corrected chi connectivity index (χ0v) is 17.8. The molecule has 3 aromatic rings. The molecule has 28 heavy (non-hydrogen) atoms. The summed E-state index contributed by atoms with van der Waals surface area (Å²) in [4.78, 5) is 15.8. The second kappa shape index (κ2) is 9.26. The largest absolute Gasteiger partial charge is 0.467 e. The number of hydrogen-bond acceptors (Lipinski definition) is 4. The summed E-state index contributed by atoms with van der Waals surface area (Å²) in [5, 5.41) is 7.06. The first-order valence-corrected chi connectivity index (χ1v) is 10.4. The molecule has 0 aliphatic carbocycles. The maximum atomic E-state index is 12.9. The van der Waals surface area contributed by atoms with Gasteiger partial charge in [0.1, 0.15) is 10.9 Å². The van der Waals surface area contributed by atoms with Crippen LogP contribution in [0.2, 0.25) is 5.15 Å². The van der Waals surface area contributed by atoms with Crippen molar-refractivity contribution in [3.8, 4) is 0 Å². The SMILES string of the molecule is Cc1nn(CC(C)C)c(Cl)c1/C=C/C(=O)N(Cc1ccco1)Cc1cccs1. The van der Waals surface area contributed by atoms with E-state index in [1.54, 1.807) is 39.3 Å². The van der Waals surface area contributed by atoms with Crippen molar-refractivity contribution in [3.05, 3.63) is 69.0 Å². The summed E-state index contributed by atoms with van der Waals surface area (Å²) < 4.78 is 7.22. The van der Waals surface area contributed by atoms with Crippen LogP contribution in [0.5, 0.6) is 0 Å². The van der Waals surface area contributed by atoms with Gasteiger partial charge in [-0.15, -0.1) is 11.3 Å². The van der Waals surface area contributed by atoms with Crippen LogP contribution >= 0.6 is 22.9 Å². The van der Waals surface area contributed by atoms with E-state index in [-0.39, 0.29) is 5.91 Å². The molecule has 3 heterocycles. The van der Waals surface area contributed by atoms with Gasteiger partial charge in [0.05, 0.1) is 25.0 Å². The maximum Gasteiger partial charge on any atom is 0.247 e. The van der Waals surface area contributed by atoms with Crippen molar-refractivity contribution in [1.82, 2.24) is 14.7 Å². The Labute approximate surface area is 174 Å². The van der Waals surface area contributed by atoms with Crippen LogP contribution in [-0.4, -0.2) is 20.6 Å². The predicted octanol–water partition coefficient (Wildman–Crippen LogP) is 5.40. The summed E-state index contributed by atoms with van der Waals surface area (Å²) in [6, 6.07) is 7.70. The molecule has 0 unspecified atom stereocenters. The molecule has 3 rings (SSSR count). The Bertz CT molecular complexity index is 891. The first-order chi connectivity index (χ1) is 13.4. The first kappa shape index (κ1) is 20.4. The van der Waals surface area contributed by atoms with Gasteiger partial charge in [-0.2, -0.15) is 5.10 Å². The Kier molecular flexibility index (Phi) is 6.75. The minimum absolute atomic E-state index is 0.100. The van der Waals surface area contributed by atoms with Crippen molar-refractivity contribution in [2.24, 2.45) is 5.92 Å². The fourth-order valence-electron chi connectivity index (χ4n) is 2.88. The highest BCUT2D eigenvalue weighted by atomic mass is 35.5. The van der Waals surface area contributed by atoms with Crippen LogP contribution in [0, 0.1) is 12.8 Å². The molecule has 0 bridgehead atoms. The van der Waals surface area contributed by atoms with Gasteiger partial charge in [-0.3, -0.25) is 9.48 Å². The van der Waals surface area contributed by atoms with E-state index in [1.807, 2.05) is 36.6 Å². The minimum atomic E-state index is -0.100. The standard InChI is InChI=1S/C21H24ClN3O2S/c1-15(2)12-25-21(22)19(16(3)23-25)8-9-20(26)24(13-17-6-4-10-27-17)14-18-7-5-11-28-18/h4-11,15H,12-14H2,1-3H3/b9-8+. The summed E-state index contributed by atoms with van der Waals surface area (Å²) in [6.45, 7) is 7.81. The lowest BCUT2D eigenvalue weighted by molar-refractivity contribution is -0.127. The number of thiophene rings is 1. The Hall–Kier alpha value is -2.31. The van der Waals surface area contributed by atoms with Crippen LogP contribution in [-0.2, 0) is 24.4 Å². The summed E-state index contributed by atoms with van der Waals surface area (Å²) in [7, 11) is 0. The van der Waals surface area contributed by atoms with Crippen LogP contribution in [0.1, 0.15) is 35.7 Å². The summed E-state index contributed by atoms with van der Waals surface area (Å²) in [5.41, 5.74) is 1.59. The van der Waals surface area contributed by atoms with E-state index in [4.69, 9.17) is 16.0 Å². The van der Waals surface area contributed by atoms with Gasteiger partial charge in [0.2, 0.25) is 5.91 Å². The molecular weight excluding hydrogens is 394 g/mol. The third-order valence-corrected chi connectivity index (χ3v) is 5.47. The highest BCUT2D eigenvalue weighted by molar-refractivity contribution is 7.09. The molecule has 1 amide bonds. The van der Waals surface area contributed by atoms with Gasteiger partial charge >= 0.3 is 0 Å². The molecular formula is C21H24ClN3O2S. The van der Waals surface area contributed by atoms with Gasteiger partial charge in [-0.25, -0.2) is 0 Å². The highest BCUT2D eigenvalue weighted by Gasteiger charge is 2.16. The van der Waals surface area contributed by atoms with Gasteiger partial charge < -0.3 is 9.32 Å². The second-order valence-corrected chi connectivity index (χ2v) is 8.44. The number of hydrogen-bond donors (Lipinski definition) is 0. The molecule has 148 valence electrons. The third-order valence-electron chi connectivity index (χ3n) is 4.21. The van der Waals surface area contributed by atoms with Crippen LogP contribution in [0.4, 0.5) is 0 Å². The lowest BCUT2D eigenvalue weighted by atomic mass is 10.2. The zero-order valence-electron chi connectivity index (χ0n) is 16.3. The normalized spacial score (nSPS) is 11.6. The van der Waals surface area contributed by atoms with E-state index in [1.165, 1.54) is 0 Å². The van der Waals surface area contributed by atoms with Gasteiger partial charge in [0, 0.05) is 23.1 Å². The van der Waals surface area contributed by atoms with E-state index in [0.717, 1.165) is 28.4 Å². The van der Waals surface area contributed by atoms with Crippen molar-refractivity contribution in [2.45, 2.75) is 40.4 Å². The number of furan rings is 1. The van der Waals surface area contributed by atoms with E-state index < -0.39 is 0 Å². The number of aryl methyl sites for hydroxylation is 1. The van der Waals surface area contributed by atoms with E-state index in [0.29, 0.717) is 24.2 Å². The van der Waals surface area contributed by atoms with Crippen molar-refractivity contribution in [3.63, 3.8) is 0 Å². The van der Waals surface area contributed by atoms with Crippen LogP contribution < -0.4 is 0 Å². The van der Waals surface area contributed by atoms with Crippen molar-refractivity contribution < 1.29 is 9.21 Å². The number of halogens is 1. The minimum Gasteiger partial charge on any atom is -0.467 e. The van der Waals surface area contributed by atoms with Crippen LogP contribution in [0.25, 0.3) is 6.08 Å². The maximum absolute atomic E-state index is 12.9. The van der Waals surface area contributed by atoms with Crippen molar-refractivity contribution >= 4 is 34.9 Å². The number of nitrogens with zero attached hydrogens (tertiary/aromatic N) is 3. The molecule has 0 aromatic carbocycles. The first-order valence-electron chi connectivity index (χ1n) is 9.18. The fraction of sp³-hybridized carbons (Fsp3) is 0.333. The fourth-order valence-corrected chi connectivity index (χ4v) is 3.90. The molecule has 0 spiro atoms. The lowest BCUT2D eigenvalue weighted by Gasteiger charge is -2.19. The monoisotopic (exact) mass is 417 g/mol. The number of aromatic nitrogens is 2. The average molecular weight is 418 g/mol. The van der Waals surface area contributed by atoms with Gasteiger partial charge in [0.15, 0.2) is 0 Å². The zero-order chi connectivity index (χ0) is 20.1. The second-order valence-electron chi connectivity index (χ2n) is 7.05. The summed E-state index contributed by atoms with van der Waals surface area (Å²) in [6.07, 6.45) is 4.94. The summed E-state index contributed by atoms with van der Waals surface area (Å²) >= 11 is 8.10. The molecule has 5 nitrogen and oxygen atoms in total. The van der Waals surface area contributed by atoms with E-state index >= 15 is 0 Å². The molecule has 0 N–H and O–H groups in total. The number of carbonyl (C=O) groups is 1. The van der Waals surface area contributed by atoms with Crippen molar-refractivity contribution in [2.75, 3.05) is 0 Å². The Morgan fingerprint density at radius 1 is 1.36 bits per heavy atom. The van der Waals surface area contributed by atoms with Gasteiger partial charge in [0.25, 0.3) is 0 Å². The number of rotatable bonds is 8. The third kappa shape index (κ3) is 5.14. The molecule has 0 saturated heterocycles. The van der Waals surface area contributed by atoms with Crippen molar-refractivity contribution in [1.29, 1.82) is 0 Å². The molecule has 0 atom stereocenters. The Morgan fingerprint density at radius 3 is 2.82 bits per heavy atom. The predicted molar refractivity (Wildman–Crippen MR) is 113 cm³/mol. The topological polar surface area (TPSA) is 51.3 Å². The molecule has 0 saturated carbocycles. The molecule has 7 heteroatoms. The Balaban J connectivity index is 1.78. The number of carbonyl (C=O) groups excluding carboxylic acids is 1. The van der Waals surface area contributed by atoms with E-state index in [9.17, 15) is 4.79 Å². The van der Waals surface area contributed by atoms with Crippen LogP contribution in [0.3, 0.4) is 0 Å². The number of amides is 1.